The second kappa shape index (κ2) is 7.30. The van der Waals surface area contributed by atoms with Gasteiger partial charge in [0.15, 0.2) is 6.29 Å². The number of nitrogens with one attached hydrogen (secondary N) is 3. The molecule has 0 radical (unpaired) electrons. The maximum Gasteiger partial charge on any atom is 0.256 e. The van der Waals surface area contributed by atoms with Crippen molar-refractivity contribution in [2.45, 2.75) is 70.6 Å². The van der Waals surface area contributed by atoms with Gasteiger partial charge in [0.05, 0.1) is 5.69 Å². The first kappa shape index (κ1) is 19.6. The fraction of sp³-hybridized carbons (Fsp3) is 0.500. The van der Waals surface area contributed by atoms with Crippen LogP contribution in [0.2, 0.25) is 0 Å². The zero-order chi connectivity index (χ0) is 20.8. The minimum atomic E-state index is -0.475. The predicted octanol–water partition coefficient (Wildman–Crippen LogP) is 3.26. The first-order chi connectivity index (χ1) is 13.7. The zero-order valence-electron chi connectivity index (χ0n) is 17.5. The topological polar surface area (TPSA) is 88.1 Å². The molecule has 0 spiro atoms. The van der Waals surface area contributed by atoms with E-state index >= 15 is 0 Å². The van der Waals surface area contributed by atoms with E-state index in [1.165, 1.54) is 5.56 Å². The van der Waals surface area contributed by atoms with Crippen LogP contribution in [0.3, 0.4) is 0 Å². The third-order valence-corrected chi connectivity index (χ3v) is 5.48. The highest BCUT2D eigenvalue weighted by Gasteiger charge is 2.31. The monoisotopic (exact) mass is 395 g/mol. The number of nitrogens with zero attached hydrogens (tertiary/aromatic N) is 2. The van der Waals surface area contributed by atoms with Crippen molar-refractivity contribution in [1.29, 1.82) is 0 Å². The maximum atomic E-state index is 12.9. The lowest BCUT2D eigenvalue weighted by molar-refractivity contribution is -0.125. The summed E-state index contributed by atoms with van der Waals surface area (Å²) in [6.07, 6.45) is 2.17. The lowest BCUT2D eigenvalue weighted by Gasteiger charge is -2.30. The number of benzene rings is 1. The average Bonchev–Trinajstić information content (AvgIpc) is 3.41. The van der Waals surface area contributed by atoms with Crippen molar-refractivity contribution in [2.75, 3.05) is 5.32 Å². The number of hydrogen-bond acceptors (Lipinski definition) is 4. The molecule has 1 aliphatic carbocycles. The molecule has 2 aromatic rings. The average molecular weight is 396 g/mol. The van der Waals surface area contributed by atoms with Crippen LogP contribution in [0.4, 0.5) is 5.82 Å². The van der Waals surface area contributed by atoms with E-state index in [1.807, 2.05) is 37.3 Å². The Kier molecular flexibility index (Phi) is 4.94. The van der Waals surface area contributed by atoms with E-state index in [-0.39, 0.29) is 23.3 Å². The van der Waals surface area contributed by atoms with Crippen LogP contribution >= 0.6 is 0 Å². The van der Waals surface area contributed by atoms with E-state index in [0.29, 0.717) is 23.7 Å². The number of carbonyl (C=O) groups is 2. The number of hydrogen-bond donors (Lipinski definition) is 3. The Labute approximate surface area is 171 Å². The molecule has 154 valence electrons. The molecule has 1 saturated heterocycles. The summed E-state index contributed by atoms with van der Waals surface area (Å²) >= 11 is 0. The van der Waals surface area contributed by atoms with Gasteiger partial charge in [0.1, 0.15) is 5.82 Å². The minimum absolute atomic E-state index is 0.0280. The first-order valence-electron chi connectivity index (χ1n) is 10.3. The van der Waals surface area contributed by atoms with Gasteiger partial charge in [-0.2, -0.15) is 5.10 Å². The highest BCUT2D eigenvalue weighted by Crippen LogP contribution is 2.40. The molecule has 3 N–H and O–H groups in total. The summed E-state index contributed by atoms with van der Waals surface area (Å²) in [5.74, 6) is 0.808. The highest BCUT2D eigenvalue weighted by atomic mass is 16.2. The molecule has 7 nitrogen and oxygen atoms in total. The summed E-state index contributed by atoms with van der Waals surface area (Å²) in [6.45, 7) is 8.40. The van der Waals surface area contributed by atoms with Crippen molar-refractivity contribution < 1.29 is 9.59 Å². The molecule has 1 aromatic heterocycles. The largest absolute Gasteiger partial charge is 0.322 e. The van der Waals surface area contributed by atoms with Crippen molar-refractivity contribution in [3.05, 3.63) is 47.2 Å². The highest BCUT2D eigenvalue weighted by molar-refractivity contribution is 6.03. The van der Waals surface area contributed by atoms with E-state index in [4.69, 9.17) is 0 Å². The quantitative estimate of drug-likeness (QED) is 0.741. The normalized spacial score (nSPS) is 22.3. The number of carbonyl (C=O) groups excluding carboxylic acids is 2. The summed E-state index contributed by atoms with van der Waals surface area (Å²) in [6, 6.07) is 9.64. The van der Waals surface area contributed by atoms with Crippen molar-refractivity contribution in [2.24, 2.45) is 0 Å². The van der Waals surface area contributed by atoms with Crippen LogP contribution in [-0.4, -0.2) is 27.6 Å². The van der Waals surface area contributed by atoms with Gasteiger partial charge in [0, 0.05) is 30.0 Å². The molecule has 2 unspecified atom stereocenters. The Balaban J connectivity index is 1.57. The van der Waals surface area contributed by atoms with Crippen LogP contribution in [0.5, 0.6) is 0 Å². The Morgan fingerprint density at radius 3 is 2.48 bits per heavy atom. The molecular weight excluding hydrogens is 366 g/mol. The molecule has 2 atom stereocenters. The molecule has 7 heteroatoms. The van der Waals surface area contributed by atoms with Gasteiger partial charge in [-0.15, -0.1) is 0 Å². The number of rotatable bonds is 4. The van der Waals surface area contributed by atoms with E-state index in [1.54, 1.807) is 4.68 Å². The van der Waals surface area contributed by atoms with E-state index < -0.39 is 6.29 Å². The fourth-order valence-corrected chi connectivity index (χ4v) is 3.58. The van der Waals surface area contributed by atoms with Gasteiger partial charge < -0.3 is 10.6 Å². The fourth-order valence-electron chi connectivity index (χ4n) is 3.58. The summed E-state index contributed by atoms with van der Waals surface area (Å²) in [4.78, 5) is 24.9. The summed E-state index contributed by atoms with van der Waals surface area (Å²) in [7, 11) is 0. The molecule has 2 aliphatic rings. The van der Waals surface area contributed by atoms with Crippen molar-refractivity contribution in [1.82, 2.24) is 20.4 Å². The maximum absolute atomic E-state index is 12.9. The van der Waals surface area contributed by atoms with Gasteiger partial charge in [0.25, 0.3) is 5.91 Å². The Hall–Kier alpha value is -2.67. The second-order valence-electron chi connectivity index (χ2n) is 9.20. The molecule has 1 aliphatic heterocycles. The Morgan fingerprint density at radius 1 is 1.21 bits per heavy atom. The molecule has 29 heavy (non-hydrogen) atoms. The third-order valence-electron chi connectivity index (χ3n) is 5.48. The van der Waals surface area contributed by atoms with Crippen LogP contribution in [0.15, 0.2) is 30.3 Å². The van der Waals surface area contributed by atoms with Crippen LogP contribution in [0, 0.1) is 0 Å². The van der Waals surface area contributed by atoms with Gasteiger partial charge in [-0.1, -0.05) is 32.9 Å². The lowest BCUT2D eigenvalue weighted by atomic mass is 9.87. The van der Waals surface area contributed by atoms with Crippen molar-refractivity contribution in [3.8, 4) is 0 Å². The van der Waals surface area contributed by atoms with Crippen LogP contribution in [0.25, 0.3) is 0 Å². The molecular formula is C22H29N5O2. The second-order valence-corrected chi connectivity index (χ2v) is 9.20. The molecule has 2 fully saturated rings. The summed E-state index contributed by atoms with van der Waals surface area (Å²) in [5, 5.41) is 13.9. The molecule has 4 rings (SSSR count). The van der Waals surface area contributed by atoms with E-state index in [0.717, 1.165) is 18.5 Å². The van der Waals surface area contributed by atoms with Crippen LogP contribution < -0.4 is 16.0 Å². The summed E-state index contributed by atoms with van der Waals surface area (Å²) in [5.41, 5.74) is 2.76. The van der Waals surface area contributed by atoms with E-state index in [2.05, 4.69) is 41.8 Å². The van der Waals surface area contributed by atoms with Crippen molar-refractivity contribution >= 4 is 17.6 Å². The van der Waals surface area contributed by atoms with Crippen molar-refractivity contribution in [3.63, 3.8) is 0 Å². The lowest BCUT2D eigenvalue weighted by Crippen LogP contribution is -2.52. The molecule has 2 heterocycles. The Bertz CT molecular complexity index is 922. The predicted molar refractivity (Wildman–Crippen MR) is 112 cm³/mol. The summed E-state index contributed by atoms with van der Waals surface area (Å²) < 4.78 is 1.68. The van der Waals surface area contributed by atoms with Gasteiger partial charge in [-0.25, -0.2) is 4.68 Å². The van der Waals surface area contributed by atoms with Gasteiger partial charge in [0.2, 0.25) is 5.91 Å². The first-order valence-corrected chi connectivity index (χ1v) is 10.3. The SMILES string of the molecule is CC1CC(=O)NC(n2nc(C3CC3)cc2NC(=O)c2ccc(C(C)(C)C)cc2)N1. The third kappa shape index (κ3) is 4.34. The zero-order valence-corrected chi connectivity index (χ0v) is 17.5. The molecule has 0 bridgehead atoms. The van der Waals surface area contributed by atoms with Gasteiger partial charge in [-0.3, -0.25) is 14.9 Å². The molecule has 1 saturated carbocycles. The standard InChI is InChI=1S/C22H29N5O2/c1-13-11-19(28)25-21(23-13)27-18(12-17(26-27)14-5-6-14)24-20(29)15-7-9-16(10-8-15)22(2,3)4/h7-10,12-14,21,23H,5-6,11H2,1-4H3,(H,24,29)(H,25,28). The van der Waals surface area contributed by atoms with Crippen LogP contribution in [-0.2, 0) is 10.2 Å². The van der Waals surface area contributed by atoms with Crippen LogP contribution in [0.1, 0.15) is 80.8 Å². The minimum Gasteiger partial charge on any atom is -0.322 e. The van der Waals surface area contributed by atoms with Gasteiger partial charge >= 0.3 is 0 Å². The number of amides is 2. The van der Waals surface area contributed by atoms with E-state index in [9.17, 15) is 9.59 Å². The molecule has 1 aromatic carbocycles. The molecule has 2 amide bonds. The smallest absolute Gasteiger partial charge is 0.256 e. The van der Waals surface area contributed by atoms with Gasteiger partial charge in [-0.05, 0) is 42.9 Å². The number of aromatic nitrogens is 2. The number of anilines is 1. The Morgan fingerprint density at radius 2 is 1.90 bits per heavy atom.